The fourth-order valence-corrected chi connectivity index (χ4v) is 2.69. The van der Waals surface area contributed by atoms with E-state index in [1.165, 1.54) is 7.11 Å². The van der Waals surface area contributed by atoms with Crippen molar-refractivity contribution in [3.05, 3.63) is 35.9 Å². The third kappa shape index (κ3) is 5.49. The minimum absolute atomic E-state index is 0.162. The maximum absolute atomic E-state index is 11.5. The third-order valence-corrected chi connectivity index (χ3v) is 3.77. The molecular weight excluding hydrogens is 328 g/mol. The second-order valence-electron chi connectivity index (χ2n) is 5.17. The molecule has 0 amide bonds. The molecule has 2 aliphatic rings. The van der Waals surface area contributed by atoms with Crippen LogP contribution in [0.15, 0.2) is 30.3 Å². The van der Waals surface area contributed by atoms with Crippen LogP contribution in [0.5, 0.6) is 0 Å². The Hall–Kier alpha value is -1.51. The van der Waals surface area contributed by atoms with Gasteiger partial charge in [0.25, 0.3) is 0 Å². The Balaban J connectivity index is 0.000000730. The van der Waals surface area contributed by atoms with Gasteiger partial charge in [-0.15, -0.1) is 0 Å². The van der Waals surface area contributed by atoms with E-state index in [0.717, 1.165) is 12.7 Å². The lowest BCUT2D eigenvalue weighted by Crippen LogP contribution is -2.56. The second kappa shape index (κ2) is 11.2. The Morgan fingerprint density at radius 3 is 2.40 bits per heavy atom. The summed E-state index contributed by atoms with van der Waals surface area (Å²) in [6, 6.07) is 9.51. The number of carbonyl (C=O) groups is 1. The number of hydrogen-bond donors (Lipinski definition) is 2. The fourth-order valence-electron chi connectivity index (χ4n) is 2.69. The number of benzene rings is 1. The van der Waals surface area contributed by atoms with Gasteiger partial charge in [-0.1, -0.05) is 44.2 Å². The maximum atomic E-state index is 11.5. The van der Waals surface area contributed by atoms with E-state index in [2.05, 4.69) is 4.74 Å². The molecule has 2 heterocycles. The molecule has 142 valence electrons. The Morgan fingerprint density at radius 2 is 1.80 bits per heavy atom. The van der Waals surface area contributed by atoms with Crippen LogP contribution in [0.2, 0.25) is 0 Å². The van der Waals surface area contributed by atoms with Crippen molar-refractivity contribution in [1.82, 2.24) is 0 Å². The van der Waals surface area contributed by atoms with Crippen LogP contribution in [0.1, 0.15) is 32.1 Å². The van der Waals surface area contributed by atoms with E-state index in [1.807, 2.05) is 44.2 Å². The first-order valence-electron chi connectivity index (χ1n) is 8.37. The molecule has 0 spiro atoms. The topological polar surface area (TPSA) is 94.5 Å². The summed E-state index contributed by atoms with van der Waals surface area (Å²) in [6.07, 6.45) is -2.91. The van der Waals surface area contributed by atoms with Crippen molar-refractivity contribution < 1.29 is 34.0 Å². The summed E-state index contributed by atoms with van der Waals surface area (Å²) in [5, 5.41) is 17.2. The molecule has 1 aromatic rings. The number of methoxy groups -OCH3 is 1. The van der Waals surface area contributed by atoms with Crippen molar-refractivity contribution in [3.63, 3.8) is 0 Å². The number of carbonyl (C=O) groups excluding carboxylic acids is 1. The van der Waals surface area contributed by atoms with Gasteiger partial charge < -0.3 is 29.2 Å². The minimum Gasteiger partial charge on any atom is -0.467 e. The number of rotatable bonds is 2. The minimum atomic E-state index is -0.789. The van der Waals surface area contributed by atoms with Crippen molar-refractivity contribution in [3.8, 4) is 0 Å². The Labute approximate surface area is 148 Å². The molecule has 2 N–H and O–H groups in total. The highest BCUT2D eigenvalue weighted by atomic mass is 16.7. The molecule has 2 fully saturated rings. The first kappa shape index (κ1) is 21.5. The highest BCUT2D eigenvalue weighted by molar-refractivity contribution is 5.74. The van der Waals surface area contributed by atoms with E-state index < -0.39 is 36.7 Å². The smallest absolute Gasteiger partial charge is 0.335 e. The standard InChI is InChI=1S/C15H18O6.C2H6.CH4O/c1-18-14(17)11-7-10(16)13-12(20-11)8-19-15(21-13)9-5-3-2-4-6-9;2*1-2/h2-6,10-13,15-16H,7-8H2,1H3;1-2H3;2H,1H3. The van der Waals surface area contributed by atoms with Gasteiger partial charge in [-0.05, 0) is 0 Å². The quantitative estimate of drug-likeness (QED) is 0.774. The summed E-state index contributed by atoms with van der Waals surface area (Å²) >= 11 is 0. The molecule has 0 aliphatic carbocycles. The van der Waals surface area contributed by atoms with Gasteiger partial charge >= 0.3 is 5.97 Å². The normalized spacial score (nSPS) is 30.6. The highest BCUT2D eigenvalue weighted by Crippen LogP contribution is 2.33. The van der Waals surface area contributed by atoms with Gasteiger partial charge in [0.1, 0.15) is 12.2 Å². The van der Waals surface area contributed by atoms with E-state index >= 15 is 0 Å². The van der Waals surface area contributed by atoms with Gasteiger partial charge in [0.2, 0.25) is 0 Å². The molecule has 25 heavy (non-hydrogen) atoms. The van der Waals surface area contributed by atoms with Gasteiger partial charge in [0, 0.05) is 19.1 Å². The van der Waals surface area contributed by atoms with Crippen LogP contribution < -0.4 is 0 Å². The summed E-state index contributed by atoms with van der Waals surface area (Å²) in [7, 11) is 2.30. The van der Waals surface area contributed by atoms with Crippen LogP contribution in [-0.4, -0.2) is 61.4 Å². The molecule has 7 heteroatoms. The second-order valence-corrected chi connectivity index (χ2v) is 5.17. The maximum Gasteiger partial charge on any atom is 0.335 e. The summed E-state index contributed by atoms with van der Waals surface area (Å²) < 4.78 is 21.7. The van der Waals surface area contributed by atoms with E-state index in [-0.39, 0.29) is 13.0 Å². The van der Waals surface area contributed by atoms with E-state index in [0.29, 0.717) is 0 Å². The SMILES string of the molecule is CC.CO.COC(=O)C1CC(O)C2OC(c3ccccc3)OCC2O1. The monoisotopic (exact) mass is 356 g/mol. The molecule has 7 nitrogen and oxygen atoms in total. The molecule has 0 aromatic heterocycles. The van der Waals surface area contributed by atoms with Crippen molar-refractivity contribution in [2.75, 3.05) is 20.8 Å². The van der Waals surface area contributed by atoms with E-state index in [9.17, 15) is 9.90 Å². The van der Waals surface area contributed by atoms with Crippen molar-refractivity contribution in [1.29, 1.82) is 0 Å². The van der Waals surface area contributed by atoms with Crippen LogP contribution in [0.25, 0.3) is 0 Å². The van der Waals surface area contributed by atoms with Crippen LogP contribution in [0, 0.1) is 0 Å². The molecular formula is C18H28O7. The lowest BCUT2D eigenvalue weighted by atomic mass is 9.97. The lowest BCUT2D eigenvalue weighted by Gasteiger charge is -2.43. The molecule has 0 radical (unpaired) electrons. The third-order valence-electron chi connectivity index (χ3n) is 3.77. The number of esters is 1. The van der Waals surface area contributed by atoms with E-state index in [4.69, 9.17) is 19.3 Å². The van der Waals surface area contributed by atoms with Crippen molar-refractivity contribution in [2.45, 2.75) is 51.0 Å². The number of ether oxygens (including phenoxy) is 4. The molecule has 5 unspecified atom stereocenters. The van der Waals surface area contributed by atoms with Gasteiger partial charge in [-0.3, -0.25) is 0 Å². The summed E-state index contributed by atoms with van der Waals surface area (Å²) in [5.74, 6) is -0.488. The van der Waals surface area contributed by atoms with E-state index in [1.54, 1.807) is 0 Å². The van der Waals surface area contributed by atoms with Crippen LogP contribution >= 0.6 is 0 Å². The molecule has 3 rings (SSSR count). The van der Waals surface area contributed by atoms with Crippen LogP contribution in [0.4, 0.5) is 0 Å². The predicted octanol–water partition coefficient (Wildman–Crippen LogP) is 1.43. The first-order chi connectivity index (χ1) is 12.2. The number of aliphatic hydroxyl groups is 2. The number of hydrogen-bond acceptors (Lipinski definition) is 7. The average Bonchev–Trinajstić information content (AvgIpc) is 2.70. The molecule has 2 saturated heterocycles. The summed E-state index contributed by atoms with van der Waals surface area (Å²) in [4.78, 5) is 11.5. The molecule has 0 bridgehead atoms. The number of fused-ring (bicyclic) bond motifs is 1. The average molecular weight is 356 g/mol. The zero-order chi connectivity index (χ0) is 18.8. The fraction of sp³-hybridized carbons (Fsp3) is 0.611. The zero-order valence-corrected chi connectivity index (χ0v) is 15.1. The van der Waals surface area contributed by atoms with Gasteiger partial charge in [0.05, 0.1) is 19.8 Å². The molecule has 0 saturated carbocycles. The summed E-state index contributed by atoms with van der Waals surface area (Å²) in [5.41, 5.74) is 0.887. The van der Waals surface area contributed by atoms with Crippen LogP contribution in [-0.2, 0) is 23.7 Å². The Bertz CT molecular complexity index is 493. The first-order valence-corrected chi connectivity index (χ1v) is 8.37. The van der Waals surface area contributed by atoms with Gasteiger partial charge in [0.15, 0.2) is 12.4 Å². The molecule has 1 aromatic carbocycles. The van der Waals surface area contributed by atoms with Gasteiger partial charge in [-0.25, -0.2) is 4.79 Å². The Kier molecular flexibility index (Phi) is 9.62. The predicted molar refractivity (Wildman–Crippen MR) is 90.8 cm³/mol. The van der Waals surface area contributed by atoms with Crippen molar-refractivity contribution >= 4 is 5.97 Å². The summed E-state index contributed by atoms with van der Waals surface area (Å²) in [6.45, 7) is 4.26. The van der Waals surface area contributed by atoms with Crippen molar-refractivity contribution in [2.24, 2.45) is 0 Å². The largest absolute Gasteiger partial charge is 0.467 e. The lowest BCUT2D eigenvalue weighted by molar-refractivity contribution is -0.308. The zero-order valence-electron chi connectivity index (χ0n) is 15.1. The number of aliphatic hydroxyl groups excluding tert-OH is 2. The Morgan fingerprint density at radius 1 is 1.16 bits per heavy atom. The molecule has 5 atom stereocenters. The molecule has 2 aliphatic heterocycles. The highest BCUT2D eigenvalue weighted by Gasteiger charge is 2.45. The van der Waals surface area contributed by atoms with Crippen LogP contribution in [0.3, 0.4) is 0 Å². The van der Waals surface area contributed by atoms with Gasteiger partial charge in [-0.2, -0.15) is 0 Å².